The lowest BCUT2D eigenvalue weighted by atomic mass is 10.0. The molecule has 3 rings (SSSR count). The lowest BCUT2D eigenvalue weighted by Crippen LogP contribution is -1.90. The molecule has 0 atom stereocenters. The number of benzene rings is 2. The molecular weight excluding hydrogens is 318 g/mol. The Morgan fingerprint density at radius 1 is 0.962 bits per heavy atom. The van der Waals surface area contributed by atoms with Crippen LogP contribution in [0.1, 0.15) is 30.5 Å². The first-order valence-corrected chi connectivity index (χ1v) is 8.45. The standard InChI is InChI=1S/C20H15N3.C3H6/c1-2-15-5-9-19(10-6-15)23-13-18(12-22)20(14-23)17-7-3-16(11-21)4-8-17;1-3-2/h3-10,13-14H,2H2,1H3;3H,1H2,2H3. The highest BCUT2D eigenvalue weighted by Gasteiger charge is 2.10. The quantitative estimate of drug-likeness (QED) is 0.580. The van der Waals surface area contributed by atoms with E-state index in [1.807, 2.05) is 36.0 Å². The van der Waals surface area contributed by atoms with Crippen LogP contribution in [0.5, 0.6) is 0 Å². The summed E-state index contributed by atoms with van der Waals surface area (Å²) in [7, 11) is 0. The predicted octanol–water partition coefficient (Wildman–Crippen LogP) is 5.64. The van der Waals surface area contributed by atoms with Crippen molar-refractivity contribution in [2.24, 2.45) is 0 Å². The number of nitrogens with zero attached hydrogens (tertiary/aromatic N) is 3. The maximum Gasteiger partial charge on any atom is 0.101 e. The van der Waals surface area contributed by atoms with Crippen molar-refractivity contribution < 1.29 is 0 Å². The van der Waals surface area contributed by atoms with E-state index >= 15 is 0 Å². The van der Waals surface area contributed by atoms with Gasteiger partial charge in [0.2, 0.25) is 0 Å². The number of aryl methyl sites for hydroxylation is 1. The van der Waals surface area contributed by atoms with Gasteiger partial charge in [-0.15, -0.1) is 6.58 Å². The van der Waals surface area contributed by atoms with Crippen LogP contribution in [0.4, 0.5) is 0 Å². The van der Waals surface area contributed by atoms with Crippen molar-refractivity contribution in [2.75, 3.05) is 0 Å². The minimum Gasteiger partial charge on any atom is -0.322 e. The largest absolute Gasteiger partial charge is 0.322 e. The molecule has 2 aromatic carbocycles. The van der Waals surface area contributed by atoms with Crippen LogP contribution in [0.2, 0.25) is 0 Å². The van der Waals surface area contributed by atoms with Gasteiger partial charge < -0.3 is 4.57 Å². The first kappa shape index (κ1) is 18.8. The molecule has 0 N–H and O–H groups in total. The van der Waals surface area contributed by atoms with Gasteiger partial charge in [0.15, 0.2) is 0 Å². The SMILES string of the molecule is C=CC.CCc1ccc(-n2cc(C#N)c(-c3ccc(C#N)cc3)c2)cc1. The van der Waals surface area contributed by atoms with Crippen LogP contribution in [0.15, 0.2) is 73.6 Å². The van der Waals surface area contributed by atoms with Gasteiger partial charge in [0.1, 0.15) is 6.07 Å². The molecular formula is C23H21N3. The van der Waals surface area contributed by atoms with Crippen molar-refractivity contribution in [3.63, 3.8) is 0 Å². The fourth-order valence-corrected chi connectivity index (χ4v) is 2.55. The molecule has 0 saturated heterocycles. The van der Waals surface area contributed by atoms with E-state index in [1.54, 1.807) is 18.2 Å². The first-order valence-electron chi connectivity index (χ1n) is 8.45. The summed E-state index contributed by atoms with van der Waals surface area (Å²) in [5, 5.41) is 18.3. The second kappa shape index (κ2) is 9.06. The molecule has 0 spiro atoms. The third-order valence-electron chi connectivity index (χ3n) is 3.91. The molecule has 3 aromatic rings. The summed E-state index contributed by atoms with van der Waals surface area (Å²) in [5.74, 6) is 0. The summed E-state index contributed by atoms with van der Waals surface area (Å²) in [6.45, 7) is 7.38. The van der Waals surface area contributed by atoms with E-state index in [1.165, 1.54) is 5.56 Å². The fourth-order valence-electron chi connectivity index (χ4n) is 2.55. The van der Waals surface area contributed by atoms with Crippen molar-refractivity contribution in [1.29, 1.82) is 10.5 Å². The molecule has 1 heterocycles. The summed E-state index contributed by atoms with van der Waals surface area (Å²) >= 11 is 0. The smallest absolute Gasteiger partial charge is 0.101 e. The summed E-state index contributed by atoms with van der Waals surface area (Å²) in [6.07, 6.45) is 6.56. The Bertz CT molecular complexity index is 947. The Morgan fingerprint density at radius 2 is 1.58 bits per heavy atom. The Hall–Kier alpha value is -3.56. The Morgan fingerprint density at radius 3 is 2.08 bits per heavy atom. The molecule has 0 aliphatic heterocycles. The molecule has 0 bridgehead atoms. The second-order valence-electron chi connectivity index (χ2n) is 5.72. The monoisotopic (exact) mass is 339 g/mol. The van der Waals surface area contributed by atoms with Crippen LogP contribution in [-0.4, -0.2) is 4.57 Å². The molecule has 3 nitrogen and oxygen atoms in total. The van der Waals surface area contributed by atoms with Gasteiger partial charge in [-0.05, 0) is 48.7 Å². The number of aromatic nitrogens is 1. The number of allylic oxidation sites excluding steroid dienone is 1. The average Bonchev–Trinajstić information content (AvgIpc) is 3.13. The normalized spacial score (nSPS) is 9.38. The Kier molecular flexibility index (Phi) is 6.54. The average molecular weight is 339 g/mol. The zero-order chi connectivity index (χ0) is 18.9. The van der Waals surface area contributed by atoms with E-state index in [0.29, 0.717) is 11.1 Å². The predicted molar refractivity (Wildman–Crippen MR) is 106 cm³/mol. The third-order valence-corrected chi connectivity index (χ3v) is 3.91. The van der Waals surface area contributed by atoms with Crippen molar-refractivity contribution >= 4 is 0 Å². The summed E-state index contributed by atoms with van der Waals surface area (Å²) < 4.78 is 1.96. The highest BCUT2D eigenvalue weighted by Crippen LogP contribution is 2.26. The molecule has 0 aliphatic rings. The zero-order valence-corrected chi connectivity index (χ0v) is 15.1. The molecule has 0 fully saturated rings. The Labute approximate surface area is 155 Å². The van der Waals surface area contributed by atoms with E-state index in [2.05, 4.69) is 49.9 Å². The van der Waals surface area contributed by atoms with Gasteiger partial charge in [-0.1, -0.05) is 37.3 Å². The number of rotatable bonds is 3. The summed E-state index contributed by atoms with van der Waals surface area (Å²) in [6, 6.07) is 20.0. The van der Waals surface area contributed by atoms with E-state index in [-0.39, 0.29) is 0 Å². The molecule has 0 unspecified atom stereocenters. The van der Waals surface area contributed by atoms with Crippen LogP contribution >= 0.6 is 0 Å². The lowest BCUT2D eigenvalue weighted by Gasteiger charge is -2.04. The second-order valence-corrected chi connectivity index (χ2v) is 5.72. The van der Waals surface area contributed by atoms with Crippen molar-refractivity contribution in [3.8, 4) is 29.0 Å². The number of hydrogen-bond donors (Lipinski definition) is 0. The fraction of sp³-hybridized carbons (Fsp3) is 0.130. The van der Waals surface area contributed by atoms with Crippen LogP contribution in [0, 0.1) is 22.7 Å². The number of nitriles is 2. The van der Waals surface area contributed by atoms with E-state index < -0.39 is 0 Å². The van der Waals surface area contributed by atoms with Crippen LogP contribution in [-0.2, 0) is 6.42 Å². The van der Waals surface area contributed by atoms with Gasteiger partial charge in [0, 0.05) is 23.6 Å². The van der Waals surface area contributed by atoms with E-state index in [4.69, 9.17) is 5.26 Å². The van der Waals surface area contributed by atoms with Gasteiger partial charge in [-0.25, -0.2) is 0 Å². The van der Waals surface area contributed by atoms with Gasteiger partial charge in [-0.2, -0.15) is 10.5 Å². The lowest BCUT2D eigenvalue weighted by molar-refractivity contribution is 1.06. The molecule has 0 radical (unpaired) electrons. The minimum atomic E-state index is 0.613. The van der Waals surface area contributed by atoms with Crippen molar-refractivity contribution in [1.82, 2.24) is 4.57 Å². The Balaban J connectivity index is 0.000000758. The molecule has 26 heavy (non-hydrogen) atoms. The maximum absolute atomic E-state index is 9.41. The zero-order valence-electron chi connectivity index (χ0n) is 15.1. The summed E-state index contributed by atoms with van der Waals surface area (Å²) in [4.78, 5) is 0. The molecule has 128 valence electrons. The van der Waals surface area contributed by atoms with E-state index in [0.717, 1.165) is 23.2 Å². The molecule has 0 amide bonds. The van der Waals surface area contributed by atoms with Crippen molar-refractivity contribution in [2.45, 2.75) is 20.3 Å². The molecule has 3 heteroatoms. The topological polar surface area (TPSA) is 52.5 Å². The van der Waals surface area contributed by atoms with Gasteiger partial charge in [0.25, 0.3) is 0 Å². The molecule has 1 aromatic heterocycles. The van der Waals surface area contributed by atoms with Crippen LogP contribution in [0.25, 0.3) is 16.8 Å². The van der Waals surface area contributed by atoms with Gasteiger partial charge >= 0.3 is 0 Å². The minimum absolute atomic E-state index is 0.613. The van der Waals surface area contributed by atoms with Crippen LogP contribution < -0.4 is 0 Å². The summed E-state index contributed by atoms with van der Waals surface area (Å²) in [5.41, 5.74) is 5.35. The van der Waals surface area contributed by atoms with Gasteiger partial charge in [0.05, 0.1) is 17.2 Å². The highest BCUT2D eigenvalue weighted by atomic mass is 14.9. The highest BCUT2D eigenvalue weighted by molar-refractivity contribution is 5.71. The van der Waals surface area contributed by atoms with E-state index in [9.17, 15) is 5.26 Å². The van der Waals surface area contributed by atoms with Gasteiger partial charge in [-0.3, -0.25) is 0 Å². The first-order chi connectivity index (χ1) is 12.7. The number of hydrogen-bond acceptors (Lipinski definition) is 2. The van der Waals surface area contributed by atoms with Crippen LogP contribution in [0.3, 0.4) is 0 Å². The third kappa shape index (κ3) is 4.29. The molecule has 0 aliphatic carbocycles. The maximum atomic E-state index is 9.41. The molecule has 0 saturated carbocycles. The van der Waals surface area contributed by atoms with Crippen molar-refractivity contribution in [3.05, 3.63) is 90.3 Å².